The minimum atomic E-state index is -4.81. The Balaban J connectivity index is 1.29. The summed E-state index contributed by atoms with van der Waals surface area (Å²) < 4.78 is 44.1. The molecule has 0 fully saturated rings. The van der Waals surface area contributed by atoms with Gasteiger partial charge in [-0.15, -0.1) is 0 Å². The molecule has 3 aromatic carbocycles. The van der Waals surface area contributed by atoms with Crippen molar-refractivity contribution in [2.24, 2.45) is 0 Å². The lowest BCUT2D eigenvalue weighted by Gasteiger charge is -2.14. The first-order chi connectivity index (χ1) is 16.8. The van der Waals surface area contributed by atoms with Crippen LogP contribution < -0.4 is 5.32 Å². The van der Waals surface area contributed by atoms with E-state index >= 15 is 0 Å². The molecule has 1 amide bonds. The van der Waals surface area contributed by atoms with Crippen molar-refractivity contribution < 1.29 is 27.6 Å². The van der Waals surface area contributed by atoms with E-state index in [1.54, 1.807) is 6.08 Å². The maximum Gasteiger partial charge on any atom is 0.422 e. The van der Waals surface area contributed by atoms with Gasteiger partial charge in [0, 0.05) is 18.5 Å². The third-order valence-electron chi connectivity index (χ3n) is 5.76. The van der Waals surface area contributed by atoms with E-state index in [1.807, 2.05) is 48.5 Å². The highest BCUT2D eigenvalue weighted by Crippen LogP contribution is 2.44. The van der Waals surface area contributed by atoms with Gasteiger partial charge in [0.1, 0.15) is 12.2 Å². The average molecular weight is 482 g/mol. The summed E-state index contributed by atoms with van der Waals surface area (Å²) in [5.41, 5.74) is 2.43. The zero-order chi connectivity index (χ0) is 25.0. The number of alkyl halides is 3. The molecule has 0 saturated heterocycles. The standard InChI is InChI=1S/C26H21F3N2O4/c27-26(28,29)23-13-12-17(15-24(23)31(33)34)7-5-6-14-30-25(32)35-16-22-20-10-3-1-8-18(20)19-9-2-4-11-21(19)22/h1-5,7-13,15,22H,6,14,16H2,(H,30,32). The predicted molar refractivity (Wildman–Crippen MR) is 125 cm³/mol. The lowest BCUT2D eigenvalue weighted by molar-refractivity contribution is -0.388. The average Bonchev–Trinajstić information content (AvgIpc) is 3.15. The Morgan fingerprint density at radius 3 is 2.26 bits per heavy atom. The van der Waals surface area contributed by atoms with E-state index in [0.717, 1.165) is 34.4 Å². The number of fused-ring (bicyclic) bond motifs is 3. The highest BCUT2D eigenvalue weighted by molar-refractivity contribution is 5.79. The molecule has 3 aromatic rings. The summed E-state index contributed by atoms with van der Waals surface area (Å²) in [6.45, 7) is 0.417. The third-order valence-corrected chi connectivity index (χ3v) is 5.76. The van der Waals surface area contributed by atoms with Gasteiger partial charge >= 0.3 is 12.3 Å². The molecule has 0 spiro atoms. The number of nitrogens with zero attached hydrogens (tertiary/aromatic N) is 1. The van der Waals surface area contributed by atoms with Gasteiger partial charge in [-0.1, -0.05) is 66.7 Å². The number of carbonyl (C=O) groups is 1. The van der Waals surface area contributed by atoms with Crippen molar-refractivity contribution >= 4 is 17.9 Å². The molecule has 1 aliphatic carbocycles. The van der Waals surface area contributed by atoms with Crippen LogP contribution in [0.4, 0.5) is 23.7 Å². The van der Waals surface area contributed by atoms with E-state index in [1.165, 1.54) is 6.08 Å². The molecule has 180 valence electrons. The molecule has 0 saturated carbocycles. The number of alkyl carbamates (subject to hydrolysis) is 1. The number of benzene rings is 3. The summed E-state index contributed by atoms with van der Waals surface area (Å²) in [5.74, 6) is -0.0523. The highest BCUT2D eigenvalue weighted by atomic mass is 19.4. The number of nitro benzene ring substituents is 1. The van der Waals surface area contributed by atoms with Crippen LogP contribution in [0.3, 0.4) is 0 Å². The number of hydrogen-bond donors (Lipinski definition) is 1. The number of hydrogen-bond acceptors (Lipinski definition) is 4. The lowest BCUT2D eigenvalue weighted by Crippen LogP contribution is -2.26. The number of rotatable bonds is 7. The molecule has 9 heteroatoms. The molecule has 35 heavy (non-hydrogen) atoms. The Morgan fingerprint density at radius 1 is 1.03 bits per heavy atom. The van der Waals surface area contributed by atoms with Crippen molar-refractivity contribution in [1.82, 2.24) is 5.32 Å². The van der Waals surface area contributed by atoms with Gasteiger partial charge in [-0.05, 0) is 40.3 Å². The zero-order valence-electron chi connectivity index (χ0n) is 18.4. The first-order valence-corrected chi connectivity index (χ1v) is 10.9. The van der Waals surface area contributed by atoms with Gasteiger partial charge < -0.3 is 10.1 Å². The minimum absolute atomic E-state index is 0.0523. The van der Waals surface area contributed by atoms with Crippen LogP contribution in [0.25, 0.3) is 17.2 Å². The van der Waals surface area contributed by atoms with Gasteiger partial charge in [0.2, 0.25) is 0 Å². The normalized spacial score (nSPS) is 12.9. The van der Waals surface area contributed by atoms with Gasteiger partial charge in [-0.3, -0.25) is 10.1 Å². The van der Waals surface area contributed by atoms with E-state index in [-0.39, 0.29) is 24.6 Å². The summed E-state index contributed by atoms with van der Waals surface area (Å²) in [4.78, 5) is 22.1. The quantitative estimate of drug-likeness (QED) is 0.235. The SMILES string of the molecule is O=C(NCCC=Cc1ccc(C(F)(F)F)c([N+](=O)[O-])c1)OCC1c2ccccc2-c2ccccc21. The van der Waals surface area contributed by atoms with Crippen LogP contribution in [-0.2, 0) is 10.9 Å². The molecule has 1 aliphatic rings. The fraction of sp³-hybridized carbons (Fsp3) is 0.192. The van der Waals surface area contributed by atoms with E-state index < -0.39 is 28.4 Å². The first-order valence-electron chi connectivity index (χ1n) is 10.9. The molecule has 0 heterocycles. The maximum atomic E-state index is 12.9. The zero-order valence-corrected chi connectivity index (χ0v) is 18.4. The third kappa shape index (κ3) is 5.34. The van der Waals surface area contributed by atoms with Gasteiger partial charge in [-0.2, -0.15) is 13.2 Å². The topological polar surface area (TPSA) is 81.5 Å². The lowest BCUT2D eigenvalue weighted by atomic mass is 9.98. The van der Waals surface area contributed by atoms with Crippen LogP contribution in [0.15, 0.2) is 72.8 Å². The molecule has 6 nitrogen and oxygen atoms in total. The number of nitro groups is 1. The molecular formula is C26H21F3N2O4. The van der Waals surface area contributed by atoms with Crippen molar-refractivity contribution in [3.8, 4) is 11.1 Å². The summed E-state index contributed by atoms with van der Waals surface area (Å²) >= 11 is 0. The monoisotopic (exact) mass is 482 g/mol. The second-order valence-electron chi connectivity index (χ2n) is 7.97. The maximum absolute atomic E-state index is 12.9. The fourth-order valence-corrected chi connectivity index (χ4v) is 4.17. The Bertz CT molecular complexity index is 1240. The minimum Gasteiger partial charge on any atom is -0.449 e. The van der Waals surface area contributed by atoms with Gasteiger partial charge in [0.05, 0.1) is 4.92 Å². The molecule has 0 atom stereocenters. The van der Waals surface area contributed by atoms with Crippen LogP contribution in [0.5, 0.6) is 0 Å². The fourth-order valence-electron chi connectivity index (χ4n) is 4.17. The van der Waals surface area contributed by atoms with Crippen molar-refractivity contribution in [3.63, 3.8) is 0 Å². The highest BCUT2D eigenvalue weighted by Gasteiger charge is 2.38. The van der Waals surface area contributed by atoms with Crippen molar-refractivity contribution in [2.75, 3.05) is 13.2 Å². The van der Waals surface area contributed by atoms with E-state index in [9.17, 15) is 28.1 Å². The van der Waals surface area contributed by atoms with E-state index in [4.69, 9.17) is 4.74 Å². The first kappa shape index (κ1) is 24.0. The number of amides is 1. The molecule has 0 aromatic heterocycles. The van der Waals surface area contributed by atoms with Gasteiger partial charge in [0.25, 0.3) is 5.69 Å². The van der Waals surface area contributed by atoms with Gasteiger partial charge in [-0.25, -0.2) is 4.79 Å². The smallest absolute Gasteiger partial charge is 0.422 e. The molecular weight excluding hydrogens is 461 g/mol. The van der Waals surface area contributed by atoms with E-state index in [2.05, 4.69) is 5.32 Å². The largest absolute Gasteiger partial charge is 0.449 e. The summed E-state index contributed by atoms with van der Waals surface area (Å²) in [6, 6.07) is 18.7. The Labute approximate surface area is 199 Å². The molecule has 0 unspecified atom stereocenters. The van der Waals surface area contributed by atoms with Crippen LogP contribution >= 0.6 is 0 Å². The van der Waals surface area contributed by atoms with Gasteiger partial charge in [0.15, 0.2) is 0 Å². The second kappa shape index (κ2) is 10.0. The Morgan fingerprint density at radius 2 is 1.66 bits per heavy atom. The second-order valence-corrected chi connectivity index (χ2v) is 7.97. The number of halogens is 3. The summed E-state index contributed by atoms with van der Waals surface area (Å²) in [5, 5.41) is 13.6. The van der Waals surface area contributed by atoms with E-state index in [0.29, 0.717) is 12.5 Å². The predicted octanol–water partition coefficient (Wildman–Crippen LogP) is 6.56. The van der Waals surface area contributed by atoms with Crippen LogP contribution in [0, 0.1) is 10.1 Å². The Kier molecular flexibility index (Phi) is 6.86. The Hall–Kier alpha value is -4.14. The molecule has 0 aliphatic heterocycles. The molecule has 0 radical (unpaired) electrons. The summed E-state index contributed by atoms with van der Waals surface area (Å²) in [6.07, 6.45) is -1.95. The van der Waals surface area contributed by atoms with Crippen LogP contribution in [0.2, 0.25) is 0 Å². The van der Waals surface area contributed by atoms with Crippen molar-refractivity contribution in [1.29, 1.82) is 0 Å². The van der Waals surface area contributed by atoms with Crippen molar-refractivity contribution in [3.05, 3.63) is 105 Å². The number of carbonyl (C=O) groups excluding carboxylic acids is 1. The number of nitrogens with one attached hydrogen (secondary N) is 1. The molecule has 4 rings (SSSR count). The van der Waals surface area contributed by atoms with Crippen LogP contribution in [-0.4, -0.2) is 24.2 Å². The number of ether oxygens (including phenoxy) is 1. The molecule has 1 N–H and O–H groups in total. The summed E-state index contributed by atoms with van der Waals surface area (Å²) in [7, 11) is 0. The van der Waals surface area contributed by atoms with Crippen molar-refractivity contribution in [2.45, 2.75) is 18.5 Å². The molecule has 0 bridgehead atoms. The van der Waals surface area contributed by atoms with Crippen LogP contribution in [0.1, 0.15) is 34.6 Å².